The average Bonchev–Trinajstić information content (AvgIpc) is 3.48. The lowest BCUT2D eigenvalue weighted by Gasteiger charge is -2.17. The lowest BCUT2D eigenvalue weighted by Crippen LogP contribution is -2.29. The van der Waals surface area contributed by atoms with Gasteiger partial charge in [-0.15, -0.1) is 10.2 Å². The molecule has 9 nitrogen and oxygen atoms in total. The van der Waals surface area contributed by atoms with Gasteiger partial charge >= 0.3 is 0 Å². The maximum Gasteiger partial charge on any atom is 0.229 e. The fraction of sp³-hybridized carbons (Fsp3) is 0.250. The lowest BCUT2D eigenvalue weighted by molar-refractivity contribution is -0.120. The largest absolute Gasteiger partial charge is 0.444 e. The van der Waals surface area contributed by atoms with Crippen LogP contribution in [0, 0.1) is 11.8 Å². The maximum absolute atomic E-state index is 13.0. The Balaban J connectivity index is 1.33. The summed E-state index contributed by atoms with van der Waals surface area (Å²) in [5.74, 6) is 1.42. The number of carbonyl (C=O) groups excluding carboxylic acids is 1. The van der Waals surface area contributed by atoms with E-state index >= 15 is 0 Å². The van der Waals surface area contributed by atoms with E-state index in [0.717, 1.165) is 23.6 Å². The second kappa shape index (κ2) is 7.01. The summed E-state index contributed by atoms with van der Waals surface area (Å²) in [4.78, 5) is 23.5. The van der Waals surface area contributed by atoms with Crippen molar-refractivity contribution in [3.05, 3.63) is 55.6 Å². The molecule has 4 heterocycles. The summed E-state index contributed by atoms with van der Waals surface area (Å²) in [6, 6.07) is 7.55. The first-order valence-corrected chi connectivity index (χ1v) is 9.38. The fourth-order valence-corrected chi connectivity index (χ4v) is 3.79. The van der Waals surface area contributed by atoms with Crippen molar-refractivity contribution in [3.8, 4) is 11.3 Å². The van der Waals surface area contributed by atoms with Crippen LogP contribution in [0.4, 0.5) is 11.5 Å². The molecule has 0 bridgehead atoms. The normalized spacial score (nSPS) is 19.0. The fourth-order valence-electron chi connectivity index (χ4n) is 3.79. The van der Waals surface area contributed by atoms with E-state index in [4.69, 9.17) is 4.42 Å². The number of hydrogen-bond acceptors (Lipinski definition) is 7. The number of fused-ring (bicyclic) bond motifs is 1. The predicted octanol–water partition coefficient (Wildman–Crippen LogP) is 2.49. The minimum absolute atomic E-state index is 0.0110. The molecule has 146 valence electrons. The molecule has 1 aromatic carbocycles. The highest BCUT2D eigenvalue weighted by atomic mass is 16.3. The Morgan fingerprint density at radius 2 is 2.24 bits per heavy atom. The second-order valence-corrected chi connectivity index (χ2v) is 7.24. The van der Waals surface area contributed by atoms with Gasteiger partial charge in [-0.1, -0.05) is 19.1 Å². The van der Waals surface area contributed by atoms with Gasteiger partial charge in [-0.25, -0.2) is 9.97 Å². The Morgan fingerprint density at radius 3 is 3.10 bits per heavy atom. The van der Waals surface area contributed by atoms with Crippen molar-refractivity contribution < 1.29 is 9.21 Å². The Bertz CT molecular complexity index is 1150. The van der Waals surface area contributed by atoms with Crippen molar-refractivity contribution in [1.82, 2.24) is 24.6 Å². The van der Waals surface area contributed by atoms with Crippen LogP contribution in [0.15, 0.2) is 60.0 Å². The number of hydrogen-bond donors (Lipinski definition) is 1. The number of nitrogens with one attached hydrogen (secondary N) is 1. The van der Waals surface area contributed by atoms with Crippen LogP contribution in [-0.2, 0) is 4.79 Å². The van der Waals surface area contributed by atoms with Crippen molar-refractivity contribution in [3.63, 3.8) is 0 Å². The minimum Gasteiger partial charge on any atom is -0.444 e. The standard InChI is InChI=1S/C20H19N7O2/c1-13-9-27(18-19-25-23-11-26(19)6-5-22-18)10-16(13)20(28)24-15-4-2-3-14(7-15)17-8-21-12-29-17/h2-8,11-13,16H,9-10H2,1H3,(H,24,28)/t13-,16-/m0/s1. The summed E-state index contributed by atoms with van der Waals surface area (Å²) < 4.78 is 7.17. The highest BCUT2D eigenvalue weighted by Crippen LogP contribution is 2.30. The number of amides is 1. The van der Waals surface area contributed by atoms with E-state index in [1.54, 1.807) is 18.7 Å². The van der Waals surface area contributed by atoms with E-state index in [0.29, 0.717) is 18.0 Å². The van der Waals surface area contributed by atoms with Crippen molar-refractivity contribution >= 4 is 23.1 Å². The number of oxazole rings is 1. The van der Waals surface area contributed by atoms with Gasteiger partial charge < -0.3 is 14.6 Å². The average molecular weight is 389 g/mol. The number of aromatic nitrogens is 5. The summed E-state index contributed by atoms with van der Waals surface area (Å²) in [6.07, 6.45) is 8.21. The first-order valence-electron chi connectivity index (χ1n) is 9.38. The second-order valence-electron chi connectivity index (χ2n) is 7.24. The summed E-state index contributed by atoms with van der Waals surface area (Å²) in [6.45, 7) is 3.39. The number of rotatable bonds is 4. The van der Waals surface area contributed by atoms with E-state index in [1.165, 1.54) is 6.39 Å². The van der Waals surface area contributed by atoms with Crippen LogP contribution in [0.1, 0.15) is 6.92 Å². The van der Waals surface area contributed by atoms with Crippen molar-refractivity contribution in [1.29, 1.82) is 0 Å². The third-order valence-electron chi connectivity index (χ3n) is 5.29. The monoisotopic (exact) mass is 389 g/mol. The van der Waals surface area contributed by atoms with Crippen LogP contribution in [0.3, 0.4) is 0 Å². The van der Waals surface area contributed by atoms with E-state index in [9.17, 15) is 4.79 Å². The SMILES string of the molecule is C[C@H]1CN(c2nccn3cnnc23)C[C@@H]1C(=O)Nc1cccc(-c2cnco2)c1. The highest BCUT2D eigenvalue weighted by molar-refractivity contribution is 5.94. The van der Waals surface area contributed by atoms with Crippen LogP contribution in [0.2, 0.25) is 0 Å². The Labute approximate surface area is 166 Å². The van der Waals surface area contributed by atoms with Gasteiger partial charge in [0.05, 0.1) is 12.1 Å². The van der Waals surface area contributed by atoms with Gasteiger partial charge in [0.15, 0.2) is 18.0 Å². The zero-order valence-corrected chi connectivity index (χ0v) is 15.8. The molecule has 5 rings (SSSR count). The topological polar surface area (TPSA) is 101 Å². The van der Waals surface area contributed by atoms with Crippen LogP contribution in [0.25, 0.3) is 17.0 Å². The molecule has 1 aliphatic rings. The van der Waals surface area contributed by atoms with E-state index in [2.05, 4.69) is 37.3 Å². The molecule has 1 N–H and O–H groups in total. The van der Waals surface area contributed by atoms with Crippen molar-refractivity contribution in [2.24, 2.45) is 11.8 Å². The molecule has 1 amide bonds. The molecular formula is C20H19N7O2. The molecule has 2 atom stereocenters. The van der Waals surface area contributed by atoms with Gasteiger partial charge in [0, 0.05) is 36.7 Å². The molecule has 29 heavy (non-hydrogen) atoms. The first kappa shape index (κ1) is 17.4. The number of benzene rings is 1. The van der Waals surface area contributed by atoms with Crippen molar-refractivity contribution in [2.75, 3.05) is 23.3 Å². The first-order chi connectivity index (χ1) is 14.2. The molecule has 9 heteroatoms. The molecule has 3 aromatic heterocycles. The Kier molecular flexibility index (Phi) is 4.19. The van der Waals surface area contributed by atoms with Crippen molar-refractivity contribution in [2.45, 2.75) is 6.92 Å². The zero-order chi connectivity index (χ0) is 19.8. The summed E-state index contributed by atoms with van der Waals surface area (Å²) in [7, 11) is 0. The molecule has 1 aliphatic heterocycles. The Hall–Kier alpha value is -3.75. The quantitative estimate of drug-likeness (QED) is 0.572. The zero-order valence-electron chi connectivity index (χ0n) is 15.8. The molecule has 4 aromatic rings. The summed E-state index contributed by atoms with van der Waals surface area (Å²) in [5, 5.41) is 11.1. The predicted molar refractivity (Wildman–Crippen MR) is 106 cm³/mol. The summed E-state index contributed by atoms with van der Waals surface area (Å²) in [5.41, 5.74) is 2.29. The molecule has 1 saturated heterocycles. The summed E-state index contributed by atoms with van der Waals surface area (Å²) >= 11 is 0. The third kappa shape index (κ3) is 3.20. The Morgan fingerprint density at radius 1 is 1.31 bits per heavy atom. The van der Waals surface area contributed by atoms with Crippen LogP contribution >= 0.6 is 0 Å². The molecule has 0 radical (unpaired) electrons. The molecule has 1 fully saturated rings. The molecule has 0 unspecified atom stereocenters. The maximum atomic E-state index is 13.0. The smallest absolute Gasteiger partial charge is 0.229 e. The number of nitrogens with zero attached hydrogens (tertiary/aromatic N) is 6. The van der Waals surface area contributed by atoms with E-state index < -0.39 is 0 Å². The number of carbonyl (C=O) groups is 1. The molecular weight excluding hydrogens is 370 g/mol. The van der Waals surface area contributed by atoms with Gasteiger partial charge in [-0.2, -0.15) is 0 Å². The highest BCUT2D eigenvalue weighted by Gasteiger charge is 2.36. The molecule has 0 saturated carbocycles. The lowest BCUT2D eigenvalue weighted by atomic mass is 9.97. The van der Waals surface area contributed by atoms with Gasteiger partial charge in [0.25, 0.3) is 0 Å². The molecule has 0 spiro atoms. The van der Waals surface area contributed by atoms with Gasteiger partial charge in [-0.3, -0.25) is 9.20 Å². The van der Waals surface area contributed by atoms with E-state index in [-0.39, 0.29) is 17.7 Å². The van der Waals surface area contributed by atoms with Gasteiger partial charge in [0.1, 0.15) is 6.33 Å². The van der Waals surface area contributed by atoms with Crippen LogP contribution in [-0.4, -0.2) is 43.6 Å². The minimum atomic E-state index is -0.158. The third-order valence-corrected chi connectivity index (χ3v) is 5.29. The van der Waals surface area contributed by atoms with Gasteiger partial charge in [0.2, 0.25) is 11.6 Å². The number of anilines is 2. The van der Waals surface area contributed by atoms with Crippen LogP contribution < -0.4 is 10.2 Å². The van der Waals surface area contributed by atoms with E-state index in [1.807, 2.05) is 34.9 Å². The van der Waals surface area contributed by atoms with Gasteiger partial charge in [-0.05, 0) is 18.1 Å². The molecule has 0 aliphatic carbocycles. The van der Waals surface area contributed by atoms with Crippen LogP contribution in [0.5, 0.6) is 0 Å².